The summed E-state index contributed by atoms with van der Waals surface area (Å²) in [4.78, 5) is 1.41. The van der Waals surface area contributed by atoms with Crippen molar-refractivity contribution in [3.05, 3.63) is 57.5 Å². The minimum absolute atomic E-state index is 0.154. The van der Waals surface area contributed by atoms with Crippen molar-refractivity contribution >= 4 is 11.3 Å². The van der Waals surface area contributed by atoms with Crippen molar-refractivity contribution in [3.63, 3.8) is 0 Å². The molecule has 2 rings (SSSR count). The molecule has 0 fully saturated rings. The van der Waals surface area contributed by atoms with Crippen LogP contribution in [0.5, 0.6) is 0 Å². The molecule has 0 radical (unpaired) electrons. The van der Waals surface area contributed by atoms with E-state index in [9.17, 15) is 4.39 Å². The summed E-state index contributed by atoms with van der Waals surface area (Å²) in [6.45, 7) is 5.15. The van der Waals surface area contributed by atoms with Crippen LogP contribution in [0.1, 0.15) is 41.8 Å². The van der Waals surface area contributed by atoms with Crippen LogP contribution in [0.2, 0.25) is 0 Å². The fourth-order valence-corrected chi connectivity index (χ4v) is 3.18. The van der Waals surface area contributed by atoms with Gasteiger partial charge in [0.25, 0.3) is 0 Å². The first-order chi connectivity index (χ1) is 9.70. The van der Waals surface area contributed by atoms with E-state index in [2.05, 4.69) is 29.8 Å². The molecule has 0 saturated heterocycles. The Kier molecular flexibility index (Phi) is 5.74. The normalized spacial score (nSPS) is 12.6. The number of hydrogen-bond acceptors (Lipinski definition) is 2. The van der Waals surface area contributed by atoms with Crippen molar-refractivity contribution in [3.8, 4) is 0 Å². The van der Waals surface area contributed by atoms with Gasteiger partial charge in [0.15, 0.2) is 0 Å². The van der Waals surface area contributed by atoms with E-state index in [1.54, 1.807) is 23.5 Å². The van der Waals surface area contributed by atoms with Crippen LogP contribution in [0.15, 0.2) is 35.7 Å². The van der Waals surface area contributed by atoms with Gasteiger partial charge in [0.2, 0.25) is 0 Å². The summed E-state index contributed by atoms with van der Waals surface area (Å²) < 4.78 is 13.3. The van der Waals surface area contributed by atoms with E-state index in [-0.39, 0.29) is 5.82 Å². The third-order valence-electron chi connectivity index (χ3n) is 3.51. The lowest BCUT2D eigenvalue weighted by Crippen LogP contribution is -2.23. The highest BCUT2D eigenvalue weighted by molar-refractivity contribution is 7.09. The van der Waals surface area contributed by atoms with E-state index in [0.29, 0.717) is 6.04 Å². The second kappa shape index (κ2) is 7.55. The molecule has 1 aromatic heterocycles. The number of rotatable bonds is 7. The Bertz CT molecular complexity index is 522. The maximum absolute atomic E-state index is 13.3. The van der Waals surface area contributed by atoms with Crippen LogP contribution in [0.4, 0.5) is 4.39 Å². The smallest absolute Gasteiger partial charge is 0.123 e. The van der Waals surface area contributed by atoms with Crippen molar-refractivity contribution in [1.29, 1.82) is 0 Å². The molecule has 0 aliphatic carbocycles. The number of halogens is 1. The van der Waals surface area contributed by atoms with E-state index in [1.165, 1.54) is 10.4 Å². The van der Waals surface area contributed by atoms with Gasteiger partial charge in [-0.05, 0) is 67.4 Å². The SMILES string of the molecule is CCCNC(CCc1cccs1)c1ccc(F)cc1C. The monoisotopic (exact) mass is 291 g/mol. The van der Waals surface area contributed by atoms with Crippen molar-refractivity contribution in [1.82, 2.24) is 5.32 Å². The molecule has 1 aromatic carbocycles. The molecule has 108 valence electrons. The molecule has 0 saturated carbocycles. The Morgan fingerprint density at radius 3 is 2.80 bits per heavy atom. The van der Waals surface area contributed by atoms with E-state index in [1.807, 2.05) is 13.0 Å². The zero-order chi connectivity index (χ0) is 14.4. The van der Waals surface area contributed by atoms with Crippen molar-refractivity contribution < 1.29 is 4.39 Å². The third kappa shape index (κ3) is 4.15. The lowest BCUT2D eigenvalue weighted by molar-refractivity contribution is 0.497. The maximum Gasteiger partial charge on any atom is 0.123 e. The molecule has 1 heterocycles. The highest BCUT2D eigenvalue weighted by Crippen LogP contribution is 2.24. The second-order valence-electron chi connectivity index (χ2n) is 5.13. The van der Waals surface area contributed by atoms with E-state index in [4.69, 9.17) is 0 Å². The summed E-state index contributed by atoms with van der Waals surface area (Å²) in [5.74, 6) is -0.154. The fraction of sp³-hybridized carbons (Fsp3) is 0.412. The molecule has 0 amide bonds. The lowest BCUT2D eigenvalue weighted by Gasteiger charge is -2.21. The van der Waals surface area contributed by atoms with Crippen LogP contribution in [0.25, 0.3) is 0 Å². The Morgan fingerprint density at radius 2 is 2.15 bits per heavy atom. The molecular formula is C17H22FNS. The Balaban J connectivity index is 2.09. The Morgan fingerprint density at radius 1 is 1.30 bits per heavy atom. The van der Waals surface area contributed by atoms with Gasteiger partial charge in [-0.15, -0.1) is 11.3 Å². The number of nitrogens with one attached hydrogen (secondary N) is 1. The molecule has 0 bridgehead atoms. The van der Waals surface area contributed by atoms with E-state index >= 15 is 0 Å². The zero-order valence-electron chi connectivity index (χ0n) is 12.2. The first-order valence-electron chi connectivity index (χ1n) is 7.22. The largest absolute Gasteiger partial charge is 0.310 e. The van der Waals surface area contributed by atoms with Gasteiger partial charge < -0.3 is 5.32 Å². The molecule has 1 unspecified atom stereocenters. The minimum Gasteiger partial charge on any atom is -0.310 e. The predicted molar refractivity (Wildman–Crippen MR) is 84.8 cm³/mol. The summed E-state index contributed by atoms with van der Waals surface area (Å²) in [5, 5.41) is 5.71. The molecule has 1 nitrogen and oxygen atoms in total. The molecule has 0 aliphatic heterocycles. The summed E-state index contributed by atoms with van der Waals surface area (Å²) in [5.41, 5.74) is 2.25. The lowest BCUT2D eigenvalue weighted by atomic mass is 9.97. The van der Waals surface area contributed by atoms with Crippen molar-refractivity contribution in [2.75, 3.05) is 6.54 Å². The summed E-state index contributed by atoms with van der Waals surface area (Å²) in [7, 11) is 0. The van der Waals surface area contributed by atoms with Crippen LogP contribution in [0.3, 0.4) is 0 Å². The minimum atomic E-state index is -0.154. The van der Waals surface area contributed by atoms with Gasteiger partial charge in [-0.1, -0.05) is 19.1 Å². The number of thiophene rings is 1. The van der Waals surface area contributed by atoms with Crippen molar-refractivity contribution in [2.24, 2.45) is 0 Å². The quantitative estimate of drug-likeness (QED) is 0.767. The van der Waals surface area contributed by atoms with Crippen LogP contribution in [0, 0.1) is 12.7 Å². The molecule has 2 aromatic rings. The number of benzene rings is 1. The van der Waals surface area contributed by atoms with Gasteiger partial charge in [0, 0.05) is 10.9 Å². The Hall–Kier alpha value is -1.19. The van der Waals surface area contributed by atoms with Crippen molar-refractivity contribution in [2.45, 2.75) is 39.2 Å². The first-order valence-corrected chi connectivity index (χ1v) is 8.10. The number of aryl methyl sites for hydroxylation is 2. The molecule has 1 N–H and O–H groups in total. The molecule has 1 atom stereocenters. The average molecular weight is 291 g/mol. The Labute approximate surface area is 124 Å². The van der Waals surface area contributed by atoms with E-state index in [0.717, 1.165) is 31.4 Å². The molecule has 0 aliphatic rings. The van der Waals surface area contributed by atoms with Gasteiger partial charge in [0.1, 0.15) is 5.82 Å². The van der Waals surface area contributed by atoms with E-state index < -0.39 is 0 Å². The molecule has 3 heteroatoms. The highest BCUT2D eigenvalue weighted by Gasteiger charge is 2.13. The van der Waals surface area contributed by atoms with Crippen LogP contribution in [-0.2, 0) is 6.42 Å². The summed E-state index contributed by atoms with van der Waals surface area (Å²) >= 11 is 1.80. The van der Waals surface area contributed by atoms with Crippen LogP contribution in [-0.4, -0.2) is 6.54 Å². The first kappa shape index (κ1) is 15.2. The second-order valence-corrected chi connectivity index (χ2v) is 6.16. The fourth-order valence-electron chi connectivity index (χ4n) is 2.46. The standard InChI is InChI=1S/C17H22FNS/c1-3-10-19-17(9-7-15-5-4-11-20-15)16-8-6-14(18)12-13(16)2/h4-6,8,11-12,17,19H,3,7,9-10H2,1-2H3. The zero-order valence-corrected chi connectivity index (χ0v) is 13.0. The average Bonchev–Trinajstić information content (AvgIpc) is 2.93. The summed E-state index contributed by atoms with van der Waals surface area (Å²) in [6.07, 6.45) is 3.22. The third-order valence-corrected chi connectivity index (χ3v) is 4.44. The topological polar surface area (TPSA) is 12.0 Å². The van der Waals surface area contributed by atoms with Gasteiger partial charge in [0.05, 0.1) is 0 Å². The molecule has 20 heavy (non-hydrogen) atoms. The van der Waals surface area contributed by atoms with Crippen LogP contribution >= 0.6 is 11.3 Å². The molecular weight excluding hydrogens is 269 g/mol. The van der Waals surface area contributed by atoms with Crippen LogP contribution < -0.4 is 5.32 Å². The predicted octanol–water partition coefficient (Wildman–Crippen LogP) is 4.87. The summed E-state index contributed by atoms with van der Waals surface area (Å²) in [6, 6.07) is 9.69. The van der Waals surface area contributed by atoms with Gasteiger partial charge in [-0.2, -0.15) is 0 Å². The maximum atomic E-state index is 13.3. The van der Waals surface area contributed by atoms with Gasteiger partial charge in [-0.25, -0.2) is 4.39 Å². The van der Waals surface area contributed by atoms with Gasteiger partial charge >= 0.3 is 0 Å². The number of hydrogen-bond donors (Lipinski definition) is 1. The molecule has 0 spiro atoms. The van der Waals surface area contributed by atoms with Gasteiger partial charge in [-0.3, -0.25) is 0 Å². The highest BCUT2D eigenvalue weighted by atomic mass is 32.1.